The fraction of sp³-hybridized carbons (Fsp3) is 0.400. The number of halogens is 7. The van der Waals surface area contributed by atoms with Crippen molar-refractivity contribution in [2.24, 2.45) is 5.73 Å². The first kappa shape index (κ1) is 14.7. The first-order valence-electron chi connectivity index (χ1n) is 4.69. The zero-order chi connectivity index (χ0) is 14.1. The minimum atomic E-state index is -4.85. The molecule has 0 spiro atoms. The summed E-state index contributed by atoms with van der Waals surface area (Å²) in [7, 11) is 0. The molecule has 0 amide bonds. The highest BCUT2D eigenvalue weighted by Gasteiger charge is 2.39. The predicted octanol–water partition coefficient (Wildman–Crippen LogP) is 3.28. The summed E-state index contributed by atoms with van der Waals surface area (Å²) in [6.07, 6.45) is -10.8. The standard InChI is InChI=1S/C10H8F7N/c11-6-1-2-7(9(12,13)14)5(3-6)4-8(18)10(15,16)17/h1-3,8H,4,18H2. The molecule has 0 bridgehead atoms. The van der Waals surface area contributed by atoms with Crippen LogP contribution in [0.2, 0.25) is 0 Å². The monoisotopic (exact) mass is 275 g/mol. The van der Waals surface area contributed by atoms with Gasteiger partial charge in [-0.25, -0.2) is 4.39 Å². The van der Waals surface area contributed by atoms with E-state index in [4.69, 9.17) is 5.73 Å². The van der Waals surface area contributed by atoms with Crippen LogP contribution >= 0.6 is 0 Å². The molecule has 0 saturated carbocycles. The molecule has 1 aromatic rings. The fourth-order valence-corrected chi connectivity index (χ4v) is 1.36. The van der Waals surface area contributed by atoms with Gasteiger partial charge in [0.05, 0.1) is 5.56 Å². The maximum Gasteiger partial charge on any atom is 0.416 e. The van der Waals surface area contributed by atoms with E-state index >= 15 is 0 Å². The lowest BCUT2D eigenvalue weighted by Crippen LogP contribution is -2.39. The fourth-order valence-electron chi connectivity index (χ4n) is 1.36. The van der Waals surface area contributed by atoms with Gasteiger partial charge in [0.1, 0.15) is 11.9 Å². The Morgan fingerprint density at radius 3 is 2.06 bits per heavy atom. The number of rotatable bonds is 2. The summed E-state index contributed by atoms with van der Waals surface area (Å²) in [4.78, 5) is 0. The van der Waals surface area contributed by atoms with Crippen LogP contribution in [-0.4, -0.2) is 12.2 Å². The number of alkyl halides is 6. The van der Waals surface area contributed by atoms with E-state index in [1.165, 1.54) is 0 Å². The summed E-state index contributed by atoms with van der Waals surface area (Å²) in [6, 6.07) is -1.13. The third kappa shape index (κ3) is 3.59. The minimum Gasteiger partial charge on any atom is -0.320 e. The Hall–Kier alpha value is -1.31. The molecule has 0 fully saturated rings. The van der Waals surface area contributed by atoms with E-state index in [0.717, 1.165) is 0 Å². The maximum absolute atomic E-state index is 12.8. The largest absolute Gasteiger partial charge is 0.416 e. The third-order valence-electron chi connectivity index (χ3n) is 2.23. The molecule has 1 aromatic carbocycles. The van der Waals surface area contributed by atoms with Gasteiger partial charge in [0.2, 0.25) is 0 Å². The van der Waals surface area contributed by atoms with E-state index in [2.05, 4.69) is 0 Å². The van der Waals surface area contributed by atoms with Gasteiger partial charge in [-0.1, -0.05) is 0 Å². The summed E-state index contributed by atoms with van der Waals surface area (Å²) >= 11 is 0. The van der Waals surface area contributed by atoms with E-state index in [0.29, 0.717) is 18.2 Å². The third-order valence-corrected chi connectivity index (χ3v) is 2.23. The molecule has 0 aliphatic carbocycles. The van der Waals surface area contributed by atoms with Crippen molar-refractivity contribution < 1.29 is 30.7 Å². The van der Waals surface area contributed by atoms with Gasteiger partial charge in [-0.3, -0.25) is 0 Å². The zero-order valence-electron chi connectivity index (χ0n) is 8.74. The van der Waals surface area contributed by atoms with Crippen molar-refractivity contribution in [1.82, 2.24) is 0 Å². The van der Waals surface area contributed by atoms with Crippen LogP contribution in [0, 0.1) is 5.82 Å². The summed E-state index contributed by atoms with van der Waals surface area (Å²) in [5.74, 6) is -1.05. The number of benzene rings is 1. The SMILES string of the molecule is NC(Cc1cc(F)ccc1C(F)(F)F)C(F)(F)F. The average Bonchev–Trinajstić information content (AvgIpc) is 2.13. The van der Waals surface area contributed by atoms with Crippen LogP contribution in [0.25, 0.3) is 0 Å². The molecule has 0 aromatic heterocycles. The molecule has 2 N–H and O–H groups in total. The molecule has 0 saturated heterocycles. The molecule has 0 aliphatic heterocycles. The zero-order valence-corrected chi connectivity index (χ0v) is 8.74. The van der Waals surface area contributed by atoms with Gasteiger partial charge in [0, 0.05) is 0 Å². The van der Waals surface area contributed by atoms with Gasteiger partial charge in [-0.05, 0) is 30.2 Å². The Labute approximate surface area is 97.4 Å². The Balaban J connectivity index is 3.11. The van der Waals surface area contributed by atoms with Crippen molar-refractivity contribution in [3.8, 4) is 0 Å². The highest BCUT2D eigenvalue weighted by molar-refractivity contribution is 5.31. The number of nitrogens with two attached hydrogens (primary N) is 1. The van der Waals surface area contributed by atoms with Crippen molar-refractivity contribution in [1.29, 1.82) is 0 Å². The number of hydrogen-bond donors (Lipinski definition) is 1. The Bertz CT molecular complexity index is 421. The van der Waals surface area contributed by atoms with Crippen molar-refractivity contribution in [2.75, 3.05) is 0 Å². The van der Waals surface area contributed by atoms with Crippen LogP contribution in [0.4, 0.5) is 30.7 Å². The van der Waals surface area contributed by atoms with E-state index < -0.39 is 41.8 Å². The van der Waals surface area contributed by atoms with Gasteiger partial charge >= 0.3 is 12.4 Å². The van der Waals surface area contributed by atoms with Crippen LogP contribution < -0.4 is 5.73 Å². The maximum atomic E-state index is 12.8. The lowest BCUT2D eigenvalue weighted by atomic mass is 9.99. The van der Waals surface area contributed by atoms with Crippen molar-refractivity contribution in [3.63, 3.8) is 0 Å². The first-order valence-corrected chi connectivity index (χ1v) is 4.69. The molecule has 102 valence electrons. The van der Waals surface area contributed by atoms with Gasteiger partial charge in [-0.2, -0.15) is 26.3 Å². The van der Waals surface area contributed by atoms with Gasteiger partial charge in [0.25, 0.3) is 0 Å². The molecule has 1 atom stereocenters. The quantitative estimate of drug-likeness (QED) is 0.823. The van der Waals surface area contributed by atoms with Crippen LogP contribution in [0.3, 0.4) is 0 Å². The summed E-state index contributed by atoms with van der Waals surface area (Å²) < 4.78 is 86.7. The molecule has 1 rings (SSSR count). The lowest BCUT2D eigenvalue weighted by Gasteiger charge is -2.18. The van der Waals surface area contributed by atoms with Crippen molar-refractivity contribution >= 4 is 0 Å². The van der Waals surface area contributed by atoms with E-state index in [9.17, 15) is 30.7 Å². The topological polar surface area (TPSA) is 26.0 Å². The molecule has 1 nitrogen and oxygen atoms in total. The molecular weight excluding hydrogens is 267 g/mol. The second kappa shape index (κ2) is 4.75. The summed E-state index contributed by atoms with van der Waals surface area (Å²) in [5.41, 5.74) is 2.60. The smallest absolute Gasteiger partial charge is 0.320 e. The second-order valence-corrected chi connectivity index (χ2v) is 3.65. The first-order chi connectivity index (χ1) is 8.01. The molecule has 0 aliphatic rings. The molecular formula is C10H8F7N. The lowest BCUT2D eigenvalue weighted by molar-refractivity contribution is -0.149. The summed E-state index contributed by atoms with van der Waals surface area (Å²) in [5, 5.41) is 0. The molecule has 8 heteroatoms. The van der Waals surface area contributed by atoms with Gasteiger partial charge < -0.3 is 5.73 Å². The summed E-state index contributed by atoms with van der Waals surface area (Å²) in [6.45, 7) is 0. The Morgan fingerprint density at radius 2 is 1.61 bits per heavy atom. The van der Waals surface area contributed by atoms with E-state index in [-0.39, 0.29) is 0 Å². The second-order valence-electron chi connectivity index (χ2n) is 3.65. The average molecular weight is 275 g/mol. The molecule has 0 heterocycles. The molecule has 1 unspecified atom stereocenters. The highest BCUT2D eigenvalue weighted by atomic mass is 19.4. The van der Waals surface area contributed by atoms with Gasteiger partial charge in [-0.15, -0.1) is 0 Å². The van der Waals surface area contributed by atoms with E-state index in [1.54, 1.807) is 0 Å². The van der Waals surface area contributed by atoms with Crippen LogP contribution in [0.5, 0.6) is 0 Å². The Morgan fingerprint density at radius 1 is 1.06 bits per heavy atom. The molecule has 18 heavy (non-hydrogen) atoms. The highest BCUT2D eigenvalue weighted by Crippen LogP contribution is 2.34. The van der Waals surface area contributed by atoms with Crippen molar-refractivity contribution in [2.45, 2.75) is 24.8 Å². The van der Waals surface area contributed by atoms with Crippen molar-refractivity contribution in [3.05, 3.63) is 35.1 Å². The minimum absolute atomic E-state index is 0.397. The van der Waals surface area contributed by atoms with Crippen LogP contribution in [0.1, 0.15) is 11.1 Å². The molecule has 0 radical (unpaired) electrons. The van der Waals surface area contributed by atoms with Gasteiger partial charge in [0.15, 0.2) is 0 Å². The van der Waals surface area contributed by atoms with E-state index in [1.807, 2.05) is 0 Å². The van der Waals surface area contributed by atoms with Crippen LogP contribution in [-0.2, 0) is 12.6 Å². The number of hydrogen-bond acceptors (Lipinski definition) is 1. The Kier molecular flexibility index (Phi) is 3.89. The normalized spacial score (nSPS) is 14.7. The predicted molar refractivity (Wildman–Crippen MR) is 49.1 cm³/mol. The van der Waals surface area contributed by atoms with Crippen LogP contribution in [0.15, 0.2) is 18.2 Å².